The molecule has 1 aromatic carbocycles. The number of likely N-dealkylation sites (tertiary alicyclic amines) is 1. The minimum absolute atomic E-state index is 0.00151. The lowest BCUT2D eigenvalue weighted by molar-refractivity contribution is -0.147. The number of hydrogen-bond donors (Lipinski definition) is 1. The molecule has 4 heterocycles. The molecule has 2 aromatic heterocycles. The van der Waals surface area contributed by atoms with Crippen LogP contribution in [-0.2, 0) is 28.1 Å². The van der Waals surface area contributed by atoms with Crippen molar-refractivity contribution < 1.29 is 14.3 Å². The van der Waals surface area contributed by atoms with E-state index in [1.165, 1.54) is 11.1 Å². The molecule has 2 amide bonds. The maximum atomic E-state index is 12.9. The van der Waals surface area contributed by atoms with Gasteiger partial charge in [0.05, 0.1) is 23.7 Å². The second-order valence-corrected chi connectivity index (χ2v) is 8.97. The SMILES string of the molecule is O=C(CC1Cc2ccccc2C2(CCN(C(=O)c3cccnc3)CC2)O1)NCc1cccnc1. The molecule has 3 aromatic rings. The van der Waals surface area contributed by atoms with E-state index in [1.807, 2.05) is 29.2 Å². The van der Waals surface area contributed by atoms with Gasteiger partial charge in [0.1, 0.15) is 0 Å². The van der Waals surface area contributed by atoms with E-state index in [-0.39, 0.29) is 17.9 Å². The van der Waals surface area contributed by atoms with Crippen molar-refractivity contribution in [3.63, 3.8) is 0 Å². The topological polar surface area (TPSA) is 84.4 Å². The van der Waals surface area contributed by atoms with Gasteiger partial charge in [-0.3, -0.25) is 19.6 Å². The first-order chi connectivity index (χ1) is 16.6. The molecular weight excluding hydrogens is 428 g/mol. The summed E-state index contributed by atoms with van der Waals surface area (Å²) in [6.45, 7) is 1.65. The van der Waals surface area contributed by atoms with Crippen molar-refractivity contribution in [1.29, 1.82) is 0 Å². The van der Waals surface area contributed by atoms with Crippen LogP contribution in [0.3, 0.4) is 0 Å². The first kappa shape index (κ1) is 22.2. The van der Waals surface area contributed by atoms with Gasteiger partial charge in [-0.2, -0.15) is 0 Å². The Balaban J connectivity index is 1.26. The number of aromatic nitrogens is 2. The zero-order chi connectivity index (χ0) is 23.4. The number of pyridine rings is 2. The molecule has 0 bridgehead atoms. The second-order valence-electron chi connectivity index (χ2n) is 8.97. The Bertz CT molecular complexity index is 1140. The number of hydrogen-bond acceptors (Lipinski definition) is 5. The summed E-state index contributed by atoms with van der Waals surface area (Å²) in [6, 6.07) is 15.7. The molecule has 174 valence electrons. The minimum atomic E-state index is -0.477. The zero-order valence-electron chi connectivity index (χ0n) is 19.0. The summed E-state index contributed by atoms with van der Waals surface area (Å²) in [5, 5.41) is 2.98. The Morgan fingerprint density at radius 1 is 1.00 bits per heavy atom. The number of nitrogens with one attached hydrogen (secondary N) is 1. The average molecular weight is 457 g/mol. The summed E-state index contributed by atoms with van der Waals surface area (Å²) in [7, 11) is 0. The lowest BCUT2D eigenvalue weighted by atomic mass is 9.77. The molecule has 5 rings (SSSR count). The van der Waals surface area contributed by atoms with Gasteiger partial charge in [0, 0.05) is 44.4 Å². The molecule has 1 saturated heterocycles. The molecule has 0 aliphatic carbocycles. The largest absolute Gasteiger partial charge is 0.366 e. The Labute approximate surface area is 199 Å². The fourth-order valence-corrected chi connectivity index (χ4v) is 5.04. The third-order valence-electron chi connectivity index (χ3n) is 6.74. The molecule has 0 saturated carbocycles. The number of amides is 2. The third kappa shape index (κ3) is 4.70. The van der Waals surface area contributed by atoms with Crippen LogP contribution >= 0.6 is 0 Å². The van der Waals surface area contributed by atoms with Crippen molar-refractivity contribution in [2.75, 3.05) is 13.1 Å². The number of benzene rings is 1. The number of fused-ring (bicyclic) bond motifs is 2. The van der Waals surface area contributed by atoms with Crippen LogP contribution in [0, 0.1) is 0 Å². The summed E-state index contributed by atoms with van der Waals surface area (Å²) in [5.74, 6) is -0.0362. The minimum Gasteiger partial charge on any atom is -0.366 e. The predicted octanol–water partition coefficient (Wildman–Crippen LogP) is 3.26. The first-order valence-electron chi connectivity index (χ1n) is 11.7. The predicted molar refractivity (Wildman–Crippen MR) is 127 cm³/mol. The van der Waals surface area contributed by atoms with Crippen molar-refractivity contribution in [1.82, 2.24) is 20.2 Å². The molecule has 1 unspecified atom stereocenters. The van der Waals surface area contributed by atoms with E-state index < -0.39 is 5.60 Å². The summed E-state index contributed by atoms with van der Waals surface area (Å²) < 4.78 is 6.67. The Morgan fingerprint density at radius 2 is 1.76 bits per heavy atom. The van der Waals surface area contributed by atoms with Crippen LogP contribution in [0.4, 0.5) is 0 Å². The number of ether oxygens (including phenoxy) is 1. The number of piperidine rings is 1. The summed E-state index contributed by atoms with van der Waals surface area (Å²) in [5.41, 5.74) is 3.51. The Hall–Kier alpha value is -3.58. The van der Waals surface area contributed by atoms with Crippen molar-refractivity contribution in [3.8, 4) is 0 Å². The van der Waals surface area contributed by atoms with E-state index >= 15 is 0 Å². The lowest BCUT2D eigenvalue weighted by Gasteiger charge is -2.47. The quantitative estimate of drug-likeness (QED) is 0.637. The Morgan fingerprint density at radius 3 is 2.50 bits per heavy atom. The number of carbonyl (C=O) groups excluding carboxylic acids is 2. The lowest BCUT2D eigenvalue weighted by Crippen LogP contribution is -2.50. The van der Waals surface area contributed by atoms with Gasteiger partial charge < -0.3 is 15.0 Å². The van der Waals surface area contributed by atoms with E-state index in [9.17, 15) is 9.59 Å². The fraction of sp³-hybridized carbons (Fsp3) is 0.333. The smallest absolute Gasteiger partial charge is 0.255 e. The van der Waals surface area contributed by atoms with Crippen molar-refractivity contribution in [2.24, 2.45) is 0 Å². The molecule has 2 aliphatic heterocycles. The average Bonchev–Trinajstić information content (AvgIpc) is 2.89. The van der Waals surface area contributed by atoms with E-state index in [2.05, 4.69) is 27.4 Å². The molecule has 34 heavy (non-hydrogen) atoms. The fourth-order valence-electron chi connectivity index (χ4n) is 5.04. The van der Waals surface area contributed by atoms with Crippen LogP contribution < -0.4 is 5.32 Å². The van der Waals surface area contributed by atoms with Crippen LogP contribution in [0.5, 0.6) is 0 Å². The highest BCUT2D eigenvalue weighted by Crippen LogP contribution is 2.44. The molecular formula is C27H28N4O3. The van der Waals surface area contributed by atoms with Crippen LogP contribution in [0.25, 0.3) is 0 Å². The van der Waals surface area contributed by atoms with Gasteiger partial charge in [0.2, 0.25) is 5.91 Å². The van der Waals surface area contributed by atoms with Gasteiger partial charge in [-0.05, 0) is 54.2 Å². The van der Waals surface area contributed by atoms with Crippen molar-refractivity contribution >= 4 is 11.8 Å². The van der Waals surface area contributed by atoms with Crippen LogP contribution in [0.1, 0.15) is 46.3 Å². The van der Waals surface area contributed by atoms with Crippen LogP contribution in [0.15, 0.2) is 73.3 Å². The molecule has 2 aliphatic rings. The number of nitrogens with zero attached hydrogens (tertiary/aromatic N) is 3. The van der Waals surface area contributed by atoms with Gasteiger partial charge in [-0.25, -0.2) is 0 Å². The normalized spacial score (nSPS) is 18.8. The molecule has 1 spiro atoms. The van der Waals surface area contributed by atoms with Gasteiger partial charge in [-0.15, -0.1) is 0 Å². The molecule has 7 heteroatoms. The Kier molecular flexibility index (Phi) is 6.36. The first-order valence-corrected chi connectivity index (χ1v) is 11.7. The highest BCUT2D eigenvalue weighted by Gasteiger charge is 2.44. The molecule has 0 radical (unpaired) electrons. The van der Waals surface area contributed by atoms with E-state index in [0.29, 0.717) is 50.9 Å². The van der Waals surface area contributed by atoms with Crippen LogP contribution in [0.2, 0.25) is 0 Å². The molecule has 1 N–H and O–H groups in total. The van der Waals surface area contributed by atoms with Gasteiger partial charge in [0.15, 0.2) is 0 Å². The monoisotopic (exact) mass is 456 g/mol. The second kappa shape index (κ2) is 9.73. The van der Waals surface area contributed by atoms with Gasteiger partial charge in [-0.1, -0.05) is 30.3 Å². The molecule has 1 atom stereocenters. The number of carbonyl (C=O) groups is 2. The summed E-state index contributed by atoms with van der Waals surface area (Å²) in [4.78, 5) is 35.6. The van der Waals surface area contributed by atoms with Gasteiger partial charge >= 0.3 is 0 Å². The number of rotatable bonds is 5. The standard InChI is InChI=1S/C27H28N4O3/c32-25(30-18-20-5-3-11-28-17-20)16-23-15-21-6-1-2-8-24(21)27(34-23)9-13-31(14-10-27)26(33)22-7-4-12-29-19-22/h1-8,11-12,17,19,23H,9-10,13-16,18H2,(H,30,32). The molecule has 1 fully saturated rings. The van der Waals surface area contributed by atoms with E-state index in [0.717, 1.165) is 5.56 Å². The van der Waals surface area contributed by atoms with Crippen molar-refractivity contribution in [2.45, 2.75) is 43.9 Å². The van der Waals surface area contributed by atoms with Gasteiger partial charge in [0.25, 0.3) is 5.91 Å². The van der Waals surface area contributed by atoms with Crippen molar-refractivity contribution in [3.05, 3.63) is 95.6 Å². The highest BCUT2D eigenvalue weighted by atomic mass is 16.5. The maximum Gasteiger partial charge on any atom is 0.255 e. The summed E-state index contributed by atoms with van der Waals surface area (Å²) in [6.07, 6.45) is 8.95. The summed E-state index contributed by atoms with van der Waals surface area (Å²) >= 11 is 0. The zero-order valence-corrected chi connectivity index (χ0v) is 19.0. The van der Waals surface area contributed by atoms with Crippen LogP contribution in [-0.4, -0.2) is 45.9 Å². The highest BCUT2D eigenvalue weighted by molar-refractivity contribution is 5.93. The van der Waals surface area contributed by atoms with E-state index in [1.54, 1.807) is 36.9 Å². The molecule has 7 nitrogen and oxygen atoms in total. The maximum absolute atomic E-state index is 12.9. The van der Waals surface area contributed by atoms with E-state index in [4.69, 9.17) is 4.74 Å². The third-order valence-corrected chi connectivity index (χ3v) is 6.74.